The normalized spacial score (nSPS) is 14.8. The first-order valence-corrected chi connectivity index (χ1v) is 7.82. The van der Waals surface area contributed by atoms with Crippen molar-refractivity contribution in [2.75, 3.05) is 20.1 Å². The van der Waals surface area contributed by atoms with Crippen molar-refractivity contribution in [3.8, 4) is 5.75 Å². The highest BCUT2D eigenvalue weighted by atomic mass is 19.4. The first-order chi connectivity index (χ1) is 12.2. The molecule has 1 saturated heterocycles. The molecule has 0 radical (unpaired) electrons. The van der Waals surface area contributed by atoms with Crippen LogP contribution in [0, 0.1) is 0 Å². The minimum absolute atomic E-state index is 0.0408. The molecule has 1 aromatic carbocycles. The van der Waals surface area contributed by atoms with Gasteiger partial charge in [0.2, 0.25) is 11.8 Å². The van der Waals surface area contributed by atoms with Crippen molar-refractivity contribution < 1.29 is 32.3 Å². The molecule has 4 amide bonds. The molecule has 7 nitrogen and oxygen atoms in total. The fraction of sp³-hybridized carbons (Fsp3) is 0.438. The van der Waals surface area contributed by atoms with Gasteiger partial charge in [-0.3, -0.25) is 14.5 Å². The number of amides is 4. The third-order valence-electron chi connectivity index (χ3n) is 3.66. The van der Waals surface area contributed by atoms with E-state index >= 15 is 0 Å². The van der Waals surface area contributed by atoms with E-state index in [-0.39, 0.29) is 49.7 Å². The molecule has 0 spiro atoms. The van der Waals surface area contributed by atoms with Gasteiger partial charge in [0, 0.05) is 26.6 Å². The summed E-state index contributed by atoms with van der Waals surface area (Å²) in [6.45, 7) is 0.355. The van der Waals surface area contributed by atoms with E-state index in [0.29, 0.717) is 12.0 Å². The topological polar surface area (TPSA) is 79.0 Å². The summed E-state index contributed by atoms with van der Waals surface area (Å²) in [5.74, 6) is -0.912. The van der Waals surface area contributed by atoms with Crippen molar-refractivity contribution in [3.63, 3.8) is 0 Å². The molecule has 0 aromatic heterocycles. The predicted molar refractivity (Wildman–Crippen MR) is 83.9 cm³/mol. The highest BCUT2D eigenvalue weighted by Crippen LogP contribution is 2.22. The fourth-order valence-electron chi connectivity index (χ4n) is 2.38. The van der Waals surface area contributed by atoms with Gasteiger partial charge in [0.25, 0.3) is 0 Å². The zero-order chi connectivity index (χ0) is 19.3. The Kier molecular flexibility index (Phi) is 6.06. The molecular formula is C16H18F3N3O4. The third-order valence-corrected chi connectivity index (χ3v) is 3.66. The molecule has 1 aromatic rings. The monoisotopic (exact) mass is 373 g/mol. The van der Waals surface area contributed by atoms with Gasteiger partial charge in [-0.15, -0.1) is 13.2 Å². The Hall–Kier alpha value is -2.78. The van der Waals surface area contributed by atoms with Gasteiger partial charge in [-0.05, 0) is 24.1 Å². The summed E-state index contributed by atoms with van der Waals surface area (Å²) < 4.78 is 40.0. The van der Waals surface area contributed by atoms with Gasteiger partial charge >= 0.3 is 12.4 Å². The Labute approximate surface area is 147 Å². The first kappa shape index (κ1) is 19.5. The molecule has 0 bridgehead atoms. The molecule has 0 aliphatic carbocycles. The quantitative estimate of drug-likeness (QED) is 0.740. The zero-order valence-electron chi connectivity index (χ0n) is 14.0. The Morgan fingerprint density at radius 2 is 1.88 bits per heavy atom. The number of alkyl halides is 3. The van der Waals surface area contributed by atoms with Crippen molar-refractivity contribution in [2.24, 2.45) is 0 Å². The number of halogens is 3. The van der Waals surface area contributed by atoms with Crippen LogP contribution < -0.4 is 10.1 Å². The van der Waals surface area contributed by atoms with Crippen LogP contribution in [0.5, 0.6) is 5.75 Å². The highest BCUT2D eigenvalue weighted by Gasteiger charge is 2.33. The molecule has 10 heteroatoms. The summed E-state index contributed by atoms with van der Waals surface area (Å²) in [5.41, 5.74) is 0.611. The Morgan fingerprint density at radius 1 is 1.23 bits per heavy atom. The molecule has 1 fully saturated rings. The number of nitrogens with zero attached hydrogens (tertiary/aromatic N) is 2. The van der Waals surface area contributed by atoms with Gasteiger partial charge in [-0.1, -0.05) is 12.1 Å². The molecule has 1 heterocycles. The van der Waals surface area contributed by atoms with E-state index in [1.54, 1.807) is 0 Å². The Balaban J connectivity index is 1.70. The van der Waals surface area contributed by atoms with Crippen molar-refractivity contribution >= 4 is 17.8 Å². The number of nitrogens with one attached hydrogen (secondary N) is 1. The van der Waals surface area contributed by atoms with Crippen molar-refractivity contribution in [1.29, 1.82) is 0 Å². The average molecular weight is 373 g/mol. The van der Waals surface area contributed by atoms with Gasteiger partial charge < -0.3 is 15.0 Å². The van der Waals surface area contributed by atoms with E-state index in [1.165, 1.54) is 24.1 Å². The predicted octanol–water partition coefficient (Wildman–Crippen LogP) is 1.88. The van der Waals surface area contributed by atoms with Crippen molar-refractivity contribution in [3.05, 3.63) is 29.8 Å². The number of rotatable bonds is 7. The number of ether oxygens (including phenoxy) is 1. The Bertz CT molecular complexity index is 676. The van der Waals surface area contributed by atoms with E-state index in [0.717, 1.165) is 17.0 Å². The summed E-state index contributed by atoms with van der Waals surface area (Å²) in [4.78, 5) is 37.4. The number of likely N-dealkylation sites (N-methyl/N-ethyl adjacent to an activating group) is 1. The molecule has 1 aliphatic heterocycles. The lowest BCUT2D eigenvalue weighted by atomic mass is 10.2. The van der Waals surface area contributed by atoms with Crippen LogP contribution in [0.15, 0.2) is 24.3 Å². The zero-order valence-corrected chi connectivity index (χ0v) is 14.0. The lowest BCUT2D eigenvalue weighted by Crippen LogP contribution is -2.33. The van der Waals surface area contributed by atoms with Gasteiger partial charge in [-0.2, -0.15) is 0 Å². The van der Waals surface area contributed by atoms with Crippen LogP contribution in [-0.2, 0) is 16.1 Å². The second kappa shape index (κ2) is 8.07. The van der Waals surface area contributed by atoms with Gasteiger partial charge in [0.1, 0.15) is 12.3 Å². The number of hydrogen-bond acceptors (Lipinski definition) is 4. The SMILES string of the molecule is CN1CC(=O)N(CCCC(=O)NCc2ccc(OC(F)(F)F)cc2)C1=O. The Morgan fingerprint density at radius 3 is 2.42 bits per heavy atom. The number of carbonyl (C=O) groups excluding carboxylic acids is 3. The molecule has 0 saturated carbocycles. The maximum absolute atomic E-state index is 12.1. The van der Waals surface area contributed by atoms with Gasteiger partial charge in [0.15, 0.2) is 0 Å². The molecule has 1 aliphatic rings. The second-order valence-corrected chi connectivity index (χ2v) is 5.76. The molecule has 1 N–H and O–H groups in total. The summed E-state index contributed by atoms with van der Waals surface area (Å²) >= 11 is 0. The number of hydrogen-bond donors (Lipinski definition) is 1. The second-order valence-electron chi connectivity index (χ2n) is 5.76. The number of benzene rings is 1. The maximum atomic E-state index is 12.1. The van der Waals surface area contributed by atoms with E-state index in [2.05, 4.69) is 10.1 Å². The lowest BCUT2D eigenvalue weighted by Gasteiger charge is -2.13. The molecular weight excluding hydrogens is 355 g/mol. The van der Waals surface area contributed by atoms with Crippen LogP contribution >= 0.6 is 0 Å². The third kappa shape index (κ3) is 5.64. The van der Waals surface area contributed by atoms with E-state index in [4.69, 9.17) is 0 Å². The smallest absolute Gasteiger partial charge is 0.406 e. The van der Waals surface area contributed by atoms with Crippen LogP contribution in [0.3, 0.4) is 0 Å². The maximum Gasteiger partial charge on any atom is 0.573 e. The van der Waals surface area contributed by atoms with Crippen LogP contribution in [0.2, 0.25) is 0 Å². The minimum atomic E-state index is -4.75. The van der Waals surface area contributed by atoms with E-state index in [9.17, 15) is 27.6 Å². The van der Waals surface area contributed by atoms with Crippen LogP contribution in [0.25, 0.3) is 0 Å². The lowest BCUT2D eigenvalue weighted by molar-refractivity contribution is -0.274. The van der Waals surface area contributed by atoms with Gasteiger partial charge in [0.05, 0.1) is 0 Å². The standard InChI is InChI=1S/C16H18F3N3O4/c1-21-10-14(24)22(15(21)25)8-2-3-13(23)20-9-11-4-6-12(7-5-11)26-16(17,18)19/h4-7H,2-3,8-10H2,1H3,(H,20,23). The average Bonchev–Trinajstić information content (AvgIpc) is 2.79. The molecule has 142 valence electrons. The summed E-state index contributed by atoms with van der Waals surface area (Å²) in [6.07, 6.45) is -4.30. The van der Waals surface area contributed by atoms with Crippen LogP contribution in [0.4, 0.5) is 18.0 Å². The molecule has 2 rings (SSSR count). The summed E-state index contributed by atoms with van der Waals surface area (Å²) in [5, 5.41) is 2.62. The highest BCUT2D eigenvalue weighted by molar-refractivity contribution is 6.01. The number of imide groups is 1. The molecule has 26 heavy (non-hydrogen) atoms. The molecule has 0 atom stereocenters. The van der Waals surface area contributed by atoms with E-state index < -0.39 is 6.36 Å². The van der Waals surface area contributed by atoms with Gasteiger partial charge in [-0.25, -0.2) is 4.79 Å². The van der Waals surface area contributed by atoms with Crippen LogP contribution in [-0.4, -0.2) is 54.1 Å². The largest absolute Gasteiger partial charge is 0.573 e. The van der Waals surface area contributed by atoms with Crippen LogP contribution in [0.1, 0.15) is 18.4 Å². The molecule has 0 unspecified atom stereocenters. The van der Waals surface area contributed by atoms with E-state index in [1.807, 2.05) is 0 Å². The van der Waals surface area contributed by atoms with Crippen molar-refractivity contribution in [1.82, 2.24) is 15.1 Å². The fourth-order valence-corrected chi connectivity index (χ4v) is 2.38. The first-order valence-electron chi connectivity index (χ1n) is 7.82. The number of carbonyl (C=O) groups is 3. The number of urea groups is 1. The van der Waals surface area contributed by atoms with Crippen molar-refractivity contribution in [2.45, 2.75) is 25.7 Å². The minimum Gasteiger partial charge on any atom is -0.406 e. The summed E-state index contributed by atoms with van der Waals surface area (Å²) in [6, 6.07) is 4.78. The summed E-state index contributed by atoms with van der Waals surface area (Å²) in [7, 11) is 1.53.